The molecule has 0 unspecified atom stereocenters. The Kier molecular flexibility index (Phi) is 5.88. The van der Waals surface area contributed by atoms with Crippen molar-refractivity contribution in [3.05, 3.63) is 50.9 Å². The zero-order chi connectivity index (χ0) is 19.6. The Bertz CT molecular complexity index is 989. The fourth-order valence-corrected chi connectivity index (χ4v) is 3.95. The van der Waals surface area contributed by atoms with Crippen LogP contribution in [-0.4, -0.2) is 29.1 Å². The van der Waals surface area contributed by atoms with Crippen LogP contribution in [0.25, 0.3) is 10.1 Å². The number of nitrogen functional groups attached to an aromatic ring is 1. The molecule has 0 aliphatic heterocycles. The van der Waals surface area contributed by atoms with Crippen LogP contribution in [0.2, 0.25) is 0 Å². The molecule has 6 nitrogen and oxygen atoms in total. The highest BCUT2D eigenvalue weighted by Crippen LogP contribution is 2.34. The molecule has 0 atom stereocenters. The average Bonchev–Trinajstić information content (AvgIpc) is 3.04. The minimum atomic E-state index is -0.837. The van der Waals surface area contributed by atoms with Crippen molar-refractivity contribution in [3.8, 4) is 5.75 Å². The van der Waals surface area contributed by atoms with Gasteiger partial charge in [-0.25, -0.2) is 13.8 Å². The van der Waals surface area contributed by atoms with Crippen LogP contribution in [0.4, 0.5) is 14.6 Å². The summed E-state index contributed by atoms with van der Waals surface area (Å²) >= 11 is 4.25. The largest absolute Gasteiger partial charge is 0.483 e. The van der Waals surface area contributed by atoms with Crippen LogP contribution in [0, 0.1) is 11.6 Å². The molecule has 0 saturated carbocycles. The molecule has 142 valence electrons. The highest BCUT2D eigenvalue weighted by Gasteiger charge is 2.19. The number of aliphatic hydroxyl groups excluding tert-OH is 1. The third kappa shape index (κ3) is 4.02. The molecule has 4 N–H and O–H groups in total. The van der Waals surface area contributed by atoms with E-state index in [1.165, 1.54) is 17.5 Å². The summed E-state index contributed by atoms with van der Waals surface area (Å²) in [6.07, 6.45) is 1.35. The normalized spacial score (nSPS) is 11.0. The molecule has 2 heterocycles. The number of nitrogens with two attached hydrogens (primary N) is 1. The van der Waals surface area contributed by atoms with E-state index in [9.17, 15) is 13.6 Å². The molecular weight excluding hydrogens is 444 g/mol. The lowest BCUT2D eigenvalue weighted by atomic mass is 10.1. The number of ether oxygens (including phenoxy) is 1. The Hall–Kier alpha value is -2.30. The number of nitrogens with one attached hydrogen (secondary N) is 1. The number of fused-ring (bicyclic) bond motifs is 1. The van der Waals surface area contributed by atoms with Crippen LogP contribution in [0.15, 0.2) is 28.2 Å². The predicted molar refractivity (Wildman–Crippen MR) is 102 cm³/mol. The lowest BCUT2D eigenvalue weighted by molar-refractivity contribution is 0.0946. The number of pyridine rings is 1. The number of hydrogen-bond donors (Lipinski definition) is 3. The van der Waals surface area contributed by atoms with E-state index in [2.05, 4.69) is 26.2 Å². The molecule has 0 aliphatic rings. The van der Waals surface area contributed by atoms with E-state index in [4.69, 9.17) is 15.6 Å². The van der Waals surface area contributed by atoms with Crippen molar-refractivity contribution in [2.24, 2.45) is 0 Å². The van der Waals surface area contributed by atoms with Gasteiger partial charge in [-0.3, -0.25) is 4.79 Å². The number of carbonyl (C=O) groups is 1. The van der Waals surface area contributed by atoms with E-state index < -0.39 is 23.3 Å². The summed E-state index contributed by atoms with van der Waals surface area (Å²) in [7, 11) is 0. The number of rotatable bonds is 6. The van der Waals surface area contributed by atoms with Gasteiger partial charge in [-0.2, -0.15) is 0 Å². The lowest BCUT2D eigenvalue weighted by Crippen LogP contribution is -2.26. The monoisotopic (exact) mass is 457 g/mol. The summed E-state index contributed by atoms with van der Waals surface area (Å²) < 4.78 is 34.0. The molecule has 0 radical (unpaired) electrons. The first-order valence-electron chi connectivity index (χ1n) is 7.73. The number of thiophene rings is 1. The Balaban J connectivity index is 1.91. The second-order valence-electron chi connectivity index (χ2n) is 5.49. The van der Waals surface area contributed by atoms with Crippen LogP contribution in [-0.2, 0) is 6.61 Å². The van der Waals surface area contributed by atoms with Gasteiger partial charge in [0.2, 0.25) is 0 Å². The quantitative estimate of drug-likeness (QED) is 0.527. The first kappa shape index (κ1) is 19.5. The minimum absolute atomic E-state index is 0.105. The Morgan fingerprint density at radius 1 is 1.37 bits per heavy atom. The van der Waals surface area contributed by atoms with Gasteiger partial charge in [-0.15, -0.1) is 11.3 Å². The first-order valence-corrected chi connectivity index (χ1v) is 9.40. The third-order valence-corrected chi connectivity index (χ3v) is 5.20. The lowest BCUT2D eigenvalue weighted by Gasteiger charge is -2.09. The molecule has 0 bridgehead atoms. The van der Waals surface area contributed by atoms with Gasteiger partial charge in [-0.05, 0) is 17.5 Å². The first-order chi connectivity index (χ1) is 12.9. The van der Waals surface area contributed by atoms with Crippen LogP contribution >= 0.6 is 27.3 Å². The molecule has 2 aromatic heterocycles. The van der Waals surface area contributed by atoms with Gasteiger partial charge in [0, 0.05) is 28.2 Å². The van der Waals surface area contributed by atoms with Gasteiger partial charge in [0.1, 0.15) is 12.4 Å². The molecule has 1 aromatic carbocycles. The zero-order valence-electron chi connectivity index (χ0n) is 13.8. The van der Waals surface area contributed by atoms with E-state index >= 15 is 0 Å². The molecule has 0 saturated heterocycles. The summed E-state index contributed by atoms with van der Waals surface area (Å²) in [5, 5.41) is 13.6. The summed E-state index contributed by atoms with van der Waals surface area (Å²) in [6, 6.07) is 2.20. The van der Waals surface area contributed by atoms with Crippen LogP contribution in [0.5, 0.6) is 5.75 Å². The van der Waals surface area contributed by atoms with Crippen molar-refractivity contribution in [1.29, 1.82) is 0 Å². The van der Waals surface area contributed by atoms with Gasteiger partial charge >= 0.3 is 0 Å². The standard InChI is InChI=1S/C17H14BrF2N3O3S/c18-9-3-11(19)14(12(20)4-9)26-6-8-7-27-15-10(17(25)22-1-2-24)5-23-16(21)13(8)15/h3-5,7,24H,1-2,6H2,(H2,21,23)(H,22,25). The third-order valence-electron chi connectivity index (χ3n) is 3.68. The summed E-state index contributed by atoms with van der Waals surface area (Å²) in [6.45, 7) is -0.234. The van der Waals surface area contributed by atoms with Crippen LogP contribution in [0.3, 0.4) is 0 Å². The molecule has 0 fully saturated rings. The molecule has 0 aliphatic carbocycles. The van der Waals surface area contributed by atoms with Crippen molar-refractivity contribution in [3.63, 3.8) is 0 Å². The number of amides is 1. The second kappa shape index (κ2) is 8.15. The SMILES string of the molecule is Nc1ncc(C(=O)NCCO)c2scc(COc3c(F)cc(Br)cc3F)c12. The molecule has 10 heteroatoms. The van der Waals surface area contributed by atoms with E-state index in [0.29, 0.717) is 21.2 Å². The number of nitrogens with zero attached hydrogens (tertiary/aromatic N) is 1. The van der Waals surface area contributed by atoms with Crippen molar-refractivity contribution in [1.82, 2.24) is 10.3 Å². The van der Waals surface area contributed by atoms with Gasteiger partial charge in [0.15, 0.2) is 17.4 Å². The molecule has 0 spiro atoms. The van der Waals surface area contributed by atoms with Crippen molar-refractivity contribution in [2.75, 3.05) is 18.9 Å². The fourth-order valence-electron chi connectivity index (χ4n) is 2.48. The van der Waals surface area contributed by atoms with Crippen LogP contribution < -0.4 is 15.8 Å². The maximum absolute atomic E-state index is 13.9. The highest BCUT2D eigenvalue weighted by molar-refractivity contribution is 9.10. The van der Waals surface area contributed by atoms with Gasteiger partial charge in [-0.1, -0.05) is 15.9 Å². The smallest absolute Gasteiger partial charge is 0.254 e. The van der Waals surface area contributed by atoms with Crippen molar-refractivity contribution >= 4 is 49.1 Å². The zero-order valence-corrected chi connectivity index (χ0v) is 16.2. The van der Waals surface area contributed by atoms with Gasteiger partial charge in [0.05, 0.1) is 16.9 Å². The molecular formula is C17H14BrF2N3O3S. The molecule has 3 rings (SSSR count). The topological polar surface area (TPSA) is 97.5 Å². The summed E-state index contributed by atoms with van der Waals surface area (Å²) in [5.74, 6) is -2.39. The number of anilines is 1. The number of halogens is 3. The van der Waals surface area contributed by atoms with Crippen molar-refractivity contribution in [2.45, 2.75) is 6.61 Å². The highest BCUT2D eigenvalue weighted by atomic mass is 79.9. The van der Waals surface area contributed by atoms with E-state index in [-0.39, 0.29) is 30.0 Å². The van der Waals surface area contributed by atoms with Crippen LogP contribution in [0.1, 0.15) is 15.9 Å². The van der Waals surface area contributed by atoms with E-state index in [0.717, 1.165) is 12.1 Å². The molecule has 3 aromatic rings. The Morgan fingerprint density at radius 2 is 2.07 bits per heavy atom. The Labute approximate surface area is 165 Å². The van der Waals surface area contributed by atoms with Gasteiger partial charge in [0.25, 0.3) is 5.91 Å². The number of benzene rings is 1. The Morgan fingerprint density at radius 3 is 2.74 bits per heavy atom. The van der Waals surface area contributed by atoms with E-state index in [1.54, 1.807) is 5.38 Å². The summed E-state index contributed by atoms with van der Waals surface area (Å²) in [4.78, 5) is 16.2. The average molecular weight is 458 g/mol. The van der Waals surface area contributed by atoms with E-state index in [1.807, 2.05) is 0 Å². The number of aromatic nitrogens is 1. The fraction of sp³-hybridized carbons (Fsp3) is 0.176. The summed E-state index contributed by atoms with van der Waals surface area (Å²) in [5.41, 5.74) is 6.78. The van der Waals surface area contributed by atoms with Crippen molar-refractivity contribution < 1.29 is 23.4 Å². The predicted octanol–water partition coefficient (Wildman–Crippen LogP) is 3.22. The maximum atomic E-state index is 13.9. The number of aliphatic hydroxyl groups is 1. The number of carbonyl (C=O) groups excluding carboxylic acids is 1. The maximum Gasteiger partial charge on any atom is 0.254 e. The molecule has 27 heavy (non-hydrogen) atoms. The molecule has 1 amide bonds. The number of hydrogen-bond acceptors (Lipinski definition) is 6. The second-order valence-corrected chi connectivity index (χ2v) is 7.28. The minimum Gasteiger partial charge on any atom is -0.483 e. The van der Waals surface area contributed by atoms with Gasteiger partial charge < -0.3 is 20.9 Å².